The lowest BCUT2D eigenvalue weighted by molar-refractivity contribution is -0.137. The number of rotatable bonds is 11. The normalized spacial score (nSPS) is 17.5. The Labute approximate surface area is 191 Å². The van der Waals surface area contributed by atoms with E-state index in [1.807, 2.05) is 6.07 Å². The van der Waals surface area contributed by atoms with Crippen molar-refractivity contribution in [3.05, 3.63) is 29.5 Å². The Morgan fingerprint density at radius 2 is 1.66 bits per heavy atom. The molecule has 2 amide bonds. The first-order valence-corrected chi connectivity index (χ1v) is 11.7. The van der Waals surface area contributed by atoms with Gasteiger partial charge < -0.3 is 19.1 Å². The predicted octanol–water partition coefficient (Wildman–Crippen LogP) is 3.72. The van der Waals surface area contributed by atoms with Crippen LogP contribution in [0.3, 0.4) is 0 Å². The quantitative estimate of drug-likeness (QED) is 0.383. The third-order valence-electron chi connectivity index (χ3n) is 6.23. The van der Waals surface area contributed by atoms with E-state index in [-0.39, 0.29) is 11.8 Å². The number of benzene rings is 1. The molecule has 0 unspecified atom stereocenters. The van der Waals surface area contributed by atoms with Crippen LogP contribution in [-0.4, -0.2) is 68.7 Å². The summed E-state index contributed by atoms with van der Waals surface area (Å²) in [5.74, 6) is 1.29. The van der Waals surface area contributed by atoms with E-state index in [2.05, 4.69) is 18.7 Å². The summed E-state index contributed by atoms with van der Waals surface area (Å²) < 4.78 is 16.4. The number of piperidine rings is 1. The lowest BCUT2D eigenvalue weighted by Gasteiger charge is -2.32. The Kier molecular flexibility index (Phi) is 8.56. The van der Waals surface area contributed by atoms with Gasteiger partial charge in [-0.25, -0.2) is 0 Å². The maximum absolute atomic E-state index is 13.5. The maximum atomic E-state index is 13.5. The average Bonchev–Trinajstić information content (AvgIpc) is 3.06. The molecule has 0 N–H and O–H groups in total. The summed E-state index contributed by atoms with van der Waals surface area (Å²) >= 11 is 0. The lowest BCUT2D eigenvalue weighted by atomic mass is 9.97. The first-order chi connectivity index (χ1) is 15.5. The van der Waals surface area contributed by atoms with Crippen LogP contribution in [0, 0.1) is 5.92 Å². The molecule has 0 aromatic heterocycles. The largest absolute Gasteiger partial charge is 0.493 e. The first kappa shape index (κ1) is 24.1. The standard InChI is InChI=1S/C25H36N2O5/c1-5-6-15-32-16-7-12-27-24(28)22(19-8-9-20(30-3)21(17-19)31-4)23(25(27)29)26-13-10-18(2)11-14-26/h8-9,17-18H,5-7,10-16H2,1-4H3. The number of amides is 2. The molecule has 0 saturated carbocycles. The van der Waals surface area contributed by atoms with Crippen LogP contribution in [0.5, 0.6) is 11.5 Å². The molecule has 1 aromatic carbocycles. The third-order valence-corrected chi connectivity index (χ3v) is 6.23. The second kappa shape index (κ2) is 11.4. The molecule has 1 fully saturated rings. The molecule has 0 spiro atoms. The Morgan fingerprint density at radius 1 is 0.969 bits per heavy atom. The summed E-state index contributed by atoms with van der Waals surface area (Å²) in [6, 6.07) is 5.38. The van der Waals surface area contributed by atoms with Crippen molar-refractivity contribution < 1.29 is 23.8 Å². The molecular formula is C25H36N2O5. The highest BCUT2D eigenvalue weighted by molar-refractivity contribution is 6.35. The molecule has 1 saturated heterocycles. The number of hydrogen-bond acceptors (Lipinski definition) is 6. The Bertz CT molecular complexity index is 843. The molecule has 2 aliphatic rings. The van der Waals surface area contributed by atoms with Crippen molar-refractivity contribution in [1.82, 2.24) is 9.80 Å². The van der Waals surface area contributed by atoms with Gasteiger partial charge in [0.2, 0.25) is 0 Å². The van der Waals surface area contributed by atoms with E-state index in [1.165, 1.54) is 4.90 Å². The maximum Gasteiger partial charge on any atom is 0.277 e. The summed E-state index contributed by atoms with van der Waals surface area (Å²) in [7, 11) is 3.14. The molecule has 7 nitrogen and oxygen atoms in total. The number of hydrogen-bond donors (Lipinski definition) is 0. The van der Waals surface area contributed by atoms with E-state index < -0.39 is 0 Å². The van der Waals surface area contributed by atoms with Crippen LogP contribution in [0.1, 0.15) is 51.5 Å². The molecule has 0 bridgehead atoms. The zero-order valence-electron chi connectivity index (χ0n) is 19.8. The molecule has 0 radical (unpaired) electrons. The van der Waals surface area contributed by atoms with Crippen molar-refractivity contribution in [3.63, 3.8) is 0 Å². The lowest BCUT2D eigenvalue weighted by Crippen LogP contribution is -2.39. The molecule has 1 aromatic rings. The van der Waals surface area contributed by atoms with Gasteiger partial charge in [0.05, 0.1) is 19.8 Å². The van der Waals surface area contributed by atoms with Gasteiger partial charge in [0.25, 0.3) is 11.8 Å². The highest BCUT2D eigenvalue weighted by Crippen LogP contribution is 2.37. The van der Waals surface area contributed by atoms with Crippen LogP contribution in [0.15, 0.2) is 23.9 Å². The van der Waals surface area contributed by atoms with Crippen molar-refractivity contribution in [1.29, 1.82) is 0 Å². The minimum absolute atomic E-state index is 0.206. The number of ether oxygens (including phenoxy) is 3. The summed E-state index contributed by atoms with van der Waals surface area (Å²) in [6.07, 6.45) is 4.75. The molecule has 0 atom stereocenters. The van der Waals surface area contributed by atoms with Crippen LogP contribution < -0.4 is 9.47 Å². The fourth-order valence-electron chi connectivity index (χ4n) is 4.22. The Hall–Kier alpha value is -2.54. The average molecular weight is 445 g/mol. The third kappa shape index (κ3) is 5.26. The van der Waals surface area contributed by atoms with Gasteiger partial charge in [-0.05, 0) is 49.3 Å². The van der Waals surface area contributed by atoms with Gasteiger partial charge in [-0.15, -0.1) is 0 Å². The second-order valence-corrected chi connectivity index (χ2v) is 8.54. The molecule has 176 valence electrons. The number of carbonyl (C=O) groups is 2. The molecular weight excluding hydrogens is 408 g/mol. The molecule has 2 aliphatic heterocycles. The number of imide groups is 1. The van der Waals surface area contributed by atoms with Gasteiger partial charge in [0.15, 0.2) is 11.5 Å². The van der Waals surface area contributed by atoms with E-state index in [0.717, 1.165) is 38.8 Å². The van der Waals surface area contributed by atoms with Crippen LogP contribution in [0.25, 0.3) is 5.57 Å². The van der Waals surface area contributed by atoms with Gasteiger partial charge in [-0.1, -0.05) is 26.3 Å². The van der Waals surface area contributed by atoms with Crippen LogP contribution in [0.4, 0.5) is 0 Å². The van der Waals surface area contributed by atoms with Crippen molar-refractivity contribution in [2.24, 2.45) is 5.92 Å². The van der Waals surface area contributed by atoms with Gasteiger partial charge in [0, 0.05) is 32.8 Å². The number of unbranched alkanes of at least 4 members (excludes halogenated alkanes) is 1. The fraction of sp³-hybridized carbons (Fsp3) is 0.600. The van der Waals surface area contributed by atoms with Gasteiger partial charge in [-0.2, -0.15) is 0 Å². The predicted molar refractivity (Wildman–Crippen MR) is 124 cm³/mol. The minimum atomic E-state index is -0.246. The SMILES string of the molecule is CCCCOCCCN1C(=O)C(c2ccc(OC)c(OC)c2)=C(N2CCC(C)CC2)C1=O. The zero-order valence-corrected chi connectivity index (χ0v) is 19.8. The van der Waals surface area contributed by atoms with Gasteiger partial charge in [-0.3, -0.25) is 14.5 Å². The smallest absolute Gasteiger partial charge is 0.277 e. The van der Waals surface area contributed by atoms with E-state index >= 15 is 0 Å². The molecule has 2 heterocycles. The van der Waals surface area contributed by atoms with Crippen LogP contribution >= 0.6 is 0 Å². The summed E-state index contributed by atoms with van der Waals surface area (Å²) in [5, 5.41) is 0. The summed E-state index contributed by atoms with van der Waals surface area (Å²) in [6.45, 7) is 7.52. The van der Waals surface area contributed by atoms with E-state index in [9.17, 15) is 9.59 Å². The monoisotopic (exact) mass is 444 g/mol. The minimum Gasteiger partial charge on any atom is -0.493 e. The van der Waals surface area contributed by atoms with Crippen molar-refractivity contribution in [2.75, 3.05) is 47.1 Å². The van der Waals surface area contributed by atoms with E-state index in [1.54, 1.807) is 26.4 Å². The van der Waals surface area contributed by atoms with Gasteiger partial charge >= 0.3 is 0 Å². The number of likely N-dealkylation sites (tertiary alicyclic amines) is 1. The van der Waals surface area contributed by atoms with E-state index in [0.29, 0.717) is 60.4 Å². The van der Waals surface area contributed by atoms with Crippen molar-refractivity contribution in [2.45, 2.75) is 46.0 Å². The second-order valence-electron chi connectivity index (χ2n) is 8.54. The van der Waals surface area contributed by atoms with Crippen molar-refractivity contribution in [3.8, 4) is 11.5 Å². The fourth-order valence-corrected chi connectivity index (χ4v) is 4.22. The summed E-state index contributed by atoms with van der Waals surface area (Å²) in [4.78, 5) is 30.4. The van der Waals surface area contributed by atoms with Gasteiger partial charge in [0.1, 0.15) is 5.70 Å². The molecule has 0 aliphatic carbocycles. The Morgan fingerprint density at radius 3 is 2.31 bits per heavy atom. The summed E-state index contributed by atoms with van der Waals surface area (Å²) in [5.41, 5.74) is 1.65. The Balaban J connectivity index is 1.86. The van der Waals surface area contributed by atoms with Crippen molar-refractivity contribution >= 4 is 17.4 Å². The highest BCUT2D eigenvalue weighted by Gasteiger charge is 2.42. The van der Waals surface area contributed by atoms with Crippen LogP contribution in [-0.2, 0) is 14.3 Å². The number of methoxy groups -OCH3 is 2. The van der Waals surface area contributed by atoms with Crippen LogP contribution in [0.2, 0.25) is 0 Å². The first-order valence-electron chi connectivity index (χ1n) is 11.7. The topological polar surface area (TPSA) is 68.3 Å². The van der Waals surface area contributed by atoms with E-state index in [4.69, 9.17) is 14.2 Å². The number of carbonyl (C=O) groups excluding carboxylic acids is 2. The molecule has 7 heteroatoms. The zero-order chi connectivity index (χ0) is 23.1. The molecule has 3 rings (SSSR count). The molecule has 32 heavy (non-hydrogen) atoms. The highest BCUT2D eigenvalue weighted by atomic mass is 16.5. The number of nitrogens with zero attached hydrogens (tertiary/aromatic N) is 2.